The third-order valence-electron chi connectivity index (χ3n) is 2.39. The number of nitrogens with one attached hydrogen (secondary N) is 1. The Labute approximate surface area is 95.2 Å². The van der Waals surface area contributed by atoms with Gasteiger partial charge in [0.2, 0.25) is 5.95 Å². The number of nitrogens with zero attached hydrogens (tertiary/aromatic N) is 2. The number of anilines is 1. The van der Waals surface area contributed by atoms with Gasteiger partial charge in [-0.15, -0.1) is 0 Å². The van der Waals surface area contributed by atoms with Gasteiger partial charge in [0.15, 0.2) is 0 Å². The van der Waals surface area contributed by atoms with E-state index in [0.29, 0.717) is 13.2 Å². The summed E-state index contributed by atoms with van der Waals surface area (Å²) < 4.78 is 42.2. The van der Waals surface area contributed by atoms with Crippen LogP contribution in [0.5, 0.6) is 0 Å². The number of rotatable bonds is 2. The molecule has 2 heterocycles. The van der Waals surface area contributed by atoms with Crippen LogP contribution in [0.1, 0.15) is 5.69 Å². The van der Waals surface area contributed by atoms with Crippen molar-refractivity contribution < 1.29 is 17.9 Å². The van der Waals surface area contributed by atoms with Crippen molar-refractivity contribution in [2.24, 2.45) is 5.73 Å². The molecule has 0 saturated carbocycles. The molecule has 0 spiro atoms. The van der Waals surface area contributed by atoms with E-state index in [9.17, 15) is 13.2 Å². The number of alkyl halides is 3. The smallest absolute Gasteiger partial charge is 0.378 e. The summed E-state index contributed by atoms with van der Waals surface area (Å²) in [6.45, 7) is 0.706. The molecule has 8 heteroatoms. The summed E-state index contributed by atoms with van der Waals surface area (Å²) >= 11 is 0. The molecule has 0 aromatic carbocycles. The fourth-order valence-electron chi connectivity index (χ4n) is 1.47. The van der Waals surface area contributed by atoms with Gasteiger partial charge in [-0.25, -0.2) is 9.97 Å². The van der Waals surface area contributed by atoms with Crippen LogP contribution in [-0.2, 0) is 10.9 Å². The zero-order valence-corrected chi connectivity index (χ0v) is 8.74. The normalized spacial score (nSPS) is 24.9. The third-order valence-corrected chi connectivity index (χ3v) is 2.39. The molecule has 0 aliphatic carbocycles. The highest BCUT2D eigenvalue weighted by molar-refractivity contribution is 5.28. The van der Waals surface area contributed by atoms with Crippen molar-refractivity contribution in [3.8, 4) is 0 Å². The van der Waals surface area contributed by atoms with Crippen molar-refractivity contribution in [3.63, 3.8) is 0 Å². The minimum atomic E-state index is -4.48. The molecule has 94 valence electrons. The highest BCUT2D eigenvalue weighted by Gasteiger charge is 2.33. The molecule has 0 amide bonds. The summed E-state index contributed by atoms with van der Waals surface area (Å²) in [6.07, 6.45) is -3.42. The SMILES string of the molecule is N[C@@H]1COC[C@@H]1Nc1nccc(C(F)(F)F)n1. The Kier molecular flexibility index (Phi) is 3.16. The number of hydrogen-bond donors (Lipinski definition) is 2. The predicted octanol–water partition coefficient (Wildman–Crippen LogP) is 0.633. The number of hydrogen-bond acceptors (Lipinski definition) is 5. The van der Waals surface area contributed by atoms with Crippen LogP contribution in [0.3, 0.4) is 0 Å². The average Bonchev–Trinajstić information content (AvgIpc) is 2.64. The van der Waals surface area contributed by atoms with E-state index in [-0.39, 0.29) is 18.0 Å². The first-order valence-corrected chi connectivity index (χ1v) is 4.97. The van der Waals surface area contributed by atoms with E-state index in [2.05, 4.69) is 15.3 Å². The van der Waals surface area contributed by atoms with Crippen LogP contribution in [0.15, 0.2) is 12.3 Å². The van der Waals surface area contributed by atoms with Crippen LogP contribution in [0.4, 0.5) is 19.1 Å². The van der Waals surface area contributed by atoms with E-state index < -0.39 is 11.9 Å². The Bertz CT molecular complexity index is 398. The molecule has 17 heavy (non-hydrogen) atoms. The Hall–Kier alpha value is -1.41. The van der Waals surface area contributed by atoms with E-state index in [1.54, 1.807) is 0 Å². The van der Waals surface area contributed by atoms with Gasteiger partial charge in [-0.3, -0.25) is 0 Å². The van der Waals surface area contributed by atoms with E-state index >= 15 is 0 Å². The molecular formula is C9H11F3N4O. The lowest BCUT2D eigenvalue weighted by atomic mass is 10.2. The summed E-state index contributed by atoms with van der Waals surface area (Å²) in [4.78, 5) is 7.10. The Balaban J connectivity index is 2.11. The van der Waals surface area contributed by atoms with Crippen molar-refractivity contribution in [1.82, 2.24) is 9.97 Å². The maximum Gasteiger partial charge on any atom is 0.433 e. The molecule has 0 unspecified atom stereocenters. The van der Waals surface area contributed by atoms with Gasteiger partial charge in [-0.05, 0) is 6.07 Å². The second-order valence-corrected chi connectivity index (χ2v) is 3.72. The van der Waals surface area contributed by atoms with Crippen molar-refractivity contribution in [3.05, 3.63) is 18.0 Å². The Morgan fingerprint density at radius 1 is 1.41 bits per heavy atom. The van der Waals surface area contributed by atoms with E-state index in [1.807, 2.05) is 0 Å². The third kappa shape index (κ3) is 2.83. The Morgan fingerprint density at radius 3 is 2.76 bits per heavy atom. The average molecular weight is 248 g/mol. The first-order valence-electron chi connectivity index (χ1n) is 4.97. The van der Waals surface area contributed by atoms with Gasteiger partial charge in [0.1, 0.15) is 5.69 Å². The molecule has 1 fully saturated rings. The molecule has 1 aromatic heterocycles. The maximum atomic E-state index is 12.4. The highest BCUT2D eigenvalue weighted by atomic mass is 19.4. The van der Waals surface area contributed by atoms with Crippen LogP contribution < -0.4 is 11.1 Å². The van der Waals surface area contributed by atoms with Gasteiger partial charge in [0, 0.05) is 6.20 Å². The molecule has 5 nitrogen and oxygen atoms in total. The number of halogens is 3. The monoisotopic (exact) mass is 248 g/mol. The second-order valence-electron chi connectivity index (χ2n) is 3.72. The van der Waals surface area contributed by atoms with Gasteiger partial charge in [-0.1, -0.05) is 0 Å². The van der Waals surface area contributed by atoms with Crippen molar-refractivity contribution in [2.45, 2.75) is 18.3 Å². The predicted molar refractivity (Wildman–Crippen MR) is 53.2 cm³/mol. The van der Waals surface area contributed by atoms with Gasteiger partial charge >= 0.3 is 6.18 Å². The van der Waals surface area contributed by atoms with Crippen LogP contribution in [0.2, 0.25) is 0 Å². The maximum absolute atomic E-state index is 12.4. The van der Waals surface area contributed by atoms with Gasteiger partial charge < -0.3 is 15.8 Å². The summed E-state index contributed by atoms with van der Waals surface area (Å²) in [5.41, 5.74) is 4.70. The standard InChI is InChI=1S/C9H11F3N4O/c10-9(11,12)7-1-2-14-8(16-7)15-6-4-17-3-5(6)13/h1-2,5-6H,3-4,13H2,(H,14,15,16)/t5-,6+/m1/s1. The van der Waals surface area contributed by atoms with Gasteiger partial charge in [-0.2, -0.15) is 13.2 Å². The molecule has 2 atom stereocenters. The highest BCUT2D eigenvalue weighted by Crippen LogP contribution is 2.27. The molecule has 1 saturated heterocycles. The van der Waals surface area contributed by atoms with Crippen molar-refractivity contribution in [1.29, 1.82) is 0 Å². The van der Waals surface area contributed by atoms with Crippen LogP contribution in [-0.4, -0.2) is 35.3 Å². The minimum absolute atomic E-state index is 0.0919. The zero-order valence-electron chi connectivity index (χ0n) is 8.74. The fraction of sp³-hybridized carbons (Fsp3) is 0.556. The fourth-order valence-corrected chi connectivity index (χ4v) is 1.47. The van der Waals surface area contributed by atoms with Crippen LogP contribution >= 0.6 is 0 Å². The molecule has 0 bridgehead atoms. The molecule has 0 radical (unpaired) electrons. The lowest BCUT2D eigenvalue weighted by molar-refractivity contribution is -0.141. The van der Waals surface area contributed by atoms with Crippen LogP contribution in [0.25, 0.3) is 0 Å². The number of aromatic nitrogens is 2. The van der Waals surface area contributed by atoms with Crippen LogP contribution in [0, 0.1) is 0 Å². The van der Waals surface area contributed by atoms with E-state index in [4.69, 9.17) is 10.5 Å². The molecular weight excluding hydrogens is 237 g/mol. The summed E-state index contributed by atoms with van der Waals surface area (Å²) in [5, 5.41) is 2.73. The van der Waals surface area contributed by atoms with Crippen molar-refractivity contribution in [2.75, 3.05) is 18.5 Å². The van der Waals surface area contributed by atoms with E-state index in [1.165, 1.54) is 0 Å². The minimum Gasteiger partial charge on any atom is -0.378 e. The summed E-state index contributed by atoms with van der Waals surface area (Å²) in [5.74, 6) is -0.0919. The first kappa shape index (κ1) is 12.1. The van der Waals surface area contributed by atoms with Gasteiger partial charge in [0.25, 0.3) is 0 Å². The summed E-state index contributed by atoms with van der Waals surface area (Å²) in [7, 11) is 0. The molecule has 1 aromatic rings. The first-order chi connectivity index (χ1) is 7.97. The molecule has 3 N–H and O–H groups in total. The zero-order chi connectivity index (χ0) is 12.5. The molecule has 2 rings (SSSR count). The quantitative estimate of drug-likeness (QED) is 0.803. The number of nitrogens with two attached hydrogens (primary N) is 1. The van der Waals surface area contributed by atoms with Gasteiger partial charge in [0.05, 0.1) is 25.3 Å². The lowest BCUT2D eigenvalue weighted by Gasteiger charge is -2.15. The molecule has 1 aliphatic heterocycles. The molecule has 1 aliphatic rings. The summed E-state index contributed by atoms with van der Waals surface area (Å²) in [6, 6.07) is 0.280. The number of ether oxygens (including phenoxy) is 1. The topological polar surface area (TPSA) is 73.1 Å². The Morgan fingerprint density at radius 2 is 2.18 bits per heavy atom. The van der Waals surface area contributed by atoms with E-state index in [0.717, 1.165) is 12.3 Å². The van der Waals surface area contributed by atoms with Crippen molar-refractivity contribution >= 4 is 5.95 Å². The lowest BCUT2D eigenvalue weighted by Crippen LogP contribution is -2.39. The largest absolute Gasteiger partial charge is 0.433 e. The second kappa shape index (κ2) is 4.46.